The Morgan fingerprint density at radius 3 is 2.12 bits per heavy atom. The van der Waals surface area contributed by atoms with Gasteiger partial charge in [0.15, 0.2) is 0 Å². The van der Waals surface area contributed by atoms with Crippen LogP contribution in [0.5, 0.6) is 0 Å². The lowest BCUT2D eigenvalue weighted by Crippen LogP contribution is -2.37. The van der Waals surface area contributed by atoms with Crippen LogP contribution in [0.1, 0.15) is 48.0 Å². The molecule has 0 bridgehead atoms. The number of carbonyl (C=O) groups excluding carboxylic acids is 3. The zero-order valence-corrected chi connectivity index (χ0v) is 15.6. The highest BCUT2D eigenvalue weighted by atomic mass is 16.6. The minimum atomic E-state index is -0.563. The second kappa shape index (κ2) is 10.7. The van der Waals surface area contributed by atoms with E-state index in [0.717, 1.165) is 5.57 Å². The van der Waals surface area contributed by atoms with Crippen LogP contribution in [0.4, 0.5) is 4.79 Å². The van der Waals surface area contributed by atoms with Gasteiger partial charge in [0.05, 0.1) is 0 Å². The number of hydrogen-bond donors (Lipinski definition) is 3. The molecule has 0 aromatic carbocycles. The maximum absolute atomic E-state index is 11.6. The molecule has 138 valence electrons. The maximum Gasteiger partial charge on any atom is 0.407 e. The van der Waals surface area contributed by atoms with Crippen molar-refractivity contribution >= 4 is 17.9 Å². The molecule has 0 atom stereocenters. The number of amides is 3. The van der Waals surface area contributed by atoms with Crippen LogP contribution in [0.3, 0.4) is 0 Å². The summed E-state index contributed by atoms with van der Waals surface area (Å²) in [6.45, 7) is 12.1. The fourth-order valence-electron chi connectivity index (χ4n) is 1.49. The van der Waals surface area contributed by atoms with Gasteiger partial charge >= 0.3 is 6.09 Å². The highest BCUT2D eigenvalue weighted by molar-refractivity contribution is 5.88. The SMILES string of the molecule is C/C(=C\C(=O)NCCNC(=O)CCNC(=O)OC(C)(C)C)C(C)C. The lowest BCUT2D eigenvalue weighted by atomic mass is 10.1. The number of carbonyl (C=O) groups is 3. The van der Waals surface area contributed by atoms with Gasteiger partial charge in [0.25, 0.3) is 0 Å². The van der Waals surface area contributed by atoms with E-state index >= 15 is 0 Å². The lowest BCUT2D eigenvalue weighted by molar-refractivity contribution is -0.121. The quantitative estimate of drug-likeness (QED) is 0.463. The molecular formula is C17H31N3O4. The Labute approximate surface area is 144 Å². The van der Waals surface area contributed by atoms with E-state index in [-0.39, 0.29) is 24.8 Å². The van der Waals surface area contributed by atoms with Gasteiger partial charge in [-0.25, -0.2) is 4.79 Å². The second-order valence-corrected chi connectivity index (χ2v) is 6.86. The van der Waals surface area contributed by atoms with Gasteiger partial charge in [0, 0.05) is 32.1 Å². The van der Waals surface area contributed by atoms with Gasteiger partial charge in [-0.15, -0.1) is 0 Å². The summed E-state index contributed by atoms with van der Waals surface area (Å²) in [6.07, 6.45) is 1.17. The van der Waals surface area contributed by atoms with E-state index < -0.39 is 11.7 Å². The minimum absolute atomic E-state index is 0.152. The second-order valence-electron chi connectivity index (χ2n) is 6.86. The number of hydrogen-bond acceptors (Lipinski definition) is 4. The van der Waals surface area contributed by atoms with Crippen molar-refractivity contribution in [3.05, 3.63) is 11.6 Å². The summed E-state index contributed by atoms with van der Waals surface area (Å²) >= 11 is 0. The molecule has 0 heterocycles. The van der Waals surface area contributed by atoms with Crippen molar-refractivity contribution < 1.29 is 19.1 Å². The van der Waals surface area contributed by atoms with E-state index in [0.29, 0.717) is 19.0 Å². The van der Waals surface area contributed by atoms with Gasteiger partial charge in [-0.1, -0.05) is 19.4 Å². The van der Waals surface area contributed by atoms with E-state index in [9.17, 15) is 14.4 Å². The first-order valence-electron chi connectivity index (χ1n) is 8.21. The summed E-state index contributed by atoms with van der Waals surface area (Å²) in [6, 6.07) is 0. The van der Waals surface area contributed by atoms with Crippen LogP contribution in [0.25, 0.3) is 0 Å². The average Bonchev–Trinajstić information content (AvgIpc) is 2.41. The molecule has 0 saturated carbocycles. The van der Waals surface area contributed by atoms with E-state index in [1.807, 2.05) is 20.8 Å². The third kappa shape index (κ3) is 12.5. The summed E-state index contributed by atoms with van der Waals surface area (Å²) in [7, 11) is 0. The minimum Gasteiger partial charge on any atom is -0.444 e. The number of alkyl carbamates (subject to hydrolysis) is 1. The molecular weight excluding hydrogens is 310 g/mol. The molecule has 0 spiro atoms. The third-order valence-electron chi connectivity index (χ3n) is 3.04. The van der Waals surface area contributed by atoms with Crippen LogP contribution < -0.4 is 16.0 Å². The van der Waals surface area contributed by atoms with Crippen molar-refractivity contribution in [1.82, 2.24) is 16.0 Å². The monoisotopic (exact) mass is 341 g/mol. The molecule has 7 heteroatoms. The zero-order chi connectivity index (χ0) is 18.8. The van der Waals surface area contributed by atoms with Gasteiger partial charge in [-0.3, -0.25) is 9.59 Å². The van der Waals surface area contributed by atoms with Crippen LogP contribution >= 0.6 is 0 Å². The van der Waals surface area contributed by atoms with Crippen molar-refractivity contribution in [3.8, 4) is 0 Å². The zero-order valence-electron chi connectivity index (χ0n) is 15.6. The summed E-state index contributed by atoms with van der Waals surface area (Å²) in [5.41, 5.74) is 0.442. The molecule has 0 rings (SSSR count). The highest BCUT2D eigenvalue weighted by Gasteiger charge is 2.15. The van der Waals surface area contributed by atoms with E-state index in [2.05, 4.69) is 16.0 Å². The van der Waals surface area contributed by atoms with Crippen LogP contribution in [0, 0.1) is 5.92 Å². The summed E-state index contributed by atoms with van der Waals surface area (Å²) < 4.78 is 5.06. The lowest BCUT2D eigenvalue weighted by Gasteiger charge is -2.19. The van der Waals surface area contributed by atoms with Crippen molar-refractivity contribution in [2.75, 3.05) is 19.6 Å². The number of rotatable bonds is 8. The molecule has 0 unspecified atom stereocenters. The fourth-order valence-corrected chi connectivity index (χ4v) is 1.49. The third-order valence-corrected chi connectivity index (χ3v) is 3.04. The first-order chi connectivity index (χ1) is 11.0. The molecule has 3 amide bonds. The molecule has 0 saturated heterocycles. The topological polar surface area (TPSA) is 96.5 Å². The van der Waals surface area contributed by atoms with Gasteiger partial charge in [-0.05, 0) is 33.6 Å². The molecule has 7 nitrogen and oxygen atoms in total. The van der Waals surface area contributed by atoms with Gasteiger partial charge < -0.3 is 20.7 Å². The average molecular weight is 341 g/mol. The Morgan fingerprint density at radius 1 is 1.00 bits per heavy atom. The normalized spacial score (nSPS) is 11.9. The van der Waals surface area contributed by atoms with Crippen molar-refractivity contribution in [2.45, 2.75) is 53.6 Å². The fraction of sp³-hybridized carbons (Fsp3) is 0.706. The summed E-state index contributed by atoms with van der Waals surface area (Å²) in [5, 5.41) is 7.89. The molecule has 0 aromatic rings. The molecule has 0 aliphatic carbocycles. The number of ether oxygens (including phenoxy) is 1. The number of nitrogens with one attached hydrogen (secondary N) is 3. The van der Waals surface area contributed by atoms with E-state index in [1.165, 1.54) is 0 Å². The largest absolute Gasteiger partial charge is 0.444 e. The maximum atomic E-state index is 11.6. The molecule has 0 fully saturated rings. The first-order valence-corrected chi connectivity index (χ1v) is 8.21. The van der Waals surface area contributed by atoms with E-state index in [4.69, 9.17) is 4.74 Å². The summed E-state index contributed by atoms with van der Waals surface area (Å²) in [5.74, 6) is -0.0378. The van der Waals surface area contributed by atoms with Crippen LogP contribution in [-0.4, -0.2) is 43.1 Å². The smallest absolute Gasteiger partial charge is 0.407 e. The highest BCUT2D eigenvalue weighted by Crippen LogP contribution is 2.07. The first kappa shape index (κ1) is 21.9. The Hall–Kier alpha value is -2.05. The Morgan fingerprint density at radius 2 is 1.58 bits per heavy atom. The molecule has 0 radical (unpaired) electrons. The van der Waals surface area contributed by atoms with Crippen molar-refractivity contribution in [3.63, 3.8) is 0 Å². The van der Waals surface area contributed by atoms with Crippen LogP contribution in [-0.2, 0) is 14.3 Å². The van der Waals surface area contributed by atoms with Gasteiger partial charge in [-0.2, -0.15) is 0 Å². The van der Waals surface area contributed by atoms with Crippen molar-refractivity contribution in [1.29, 1.82) is 0 Å². The predicted molar refractivity (Wildman–Crippen MR) is 93.5 cm³/mol. The number of allylic oxidation sites excluding steroid dienone is 1. The molecule has 0 aromatic heterocycles. The van der Waals surface area contributed by atoms with Crippen LogP contribution in [0.15, 0.2) is 11.6 Å². The Balaban J connectivity index is 3.79. The van der Waals surface area contributed by atoms with Gasteiger partial charge in [0.2, 0.25) is 11.8 Å². The predicted octanol–water partition coefficient (Wildman–Crippen LogP) is 1.74. The molecule has 3 N–H and O–H groups in total. The molecule has 0 aliphatic heterocycles. The standard InChI is InChI=1S/C17H31N3O4/c1-12(2)13(3)11-15(22)19-10-9-18-14(21)7-8-20-16(23)24-17(4,5)6/h11-12H,7-10H2,1-6H3,(H,18,21)(H,19,22)(H,20,23)/b13-11+. The van der Waals surface area contributed by atoms with Crippen LogP contribution in [0.2, 0.25) is 0 Å². The Bertz CT molecular complexity index is 465. The van der Waals surface area contributed by atoms with Crippen molar-refractivity contribution in [2.24, 2.45) is 5.92 Å². The Kier molecular flexibility index (Phi) is 9.76. The molecule has 0 aliphatic rings. The summed E-state index contributed by atoms with van der Waals surface area (Å²) in [4.78, 5) is 34.6. The molecule has 24 heavy (non-hydrogen) atoms. The van der Waals surface area contributed by atoms with Gasteiger partial charge in [0.1, 0.15) is 5.60 Å². The van der Waals surface area contributed by atoms with E-state index in [1.54, 1.807) is 26.8 Å².